The van der Waals surface area contributed by atoms with Crippen LogP contribution in [0.25, 0.3) is 0 Å². The first kappa shape index (κ1) is 11.9. The average molecular weight is 252 g/mol. The summed E-state index contributed by atoms with van der Waals surface area (Å²) in [5.74, 6) is 0.504. The summed E-state index contributed by atoms with van der Waals surface area (Å²) >= 11 is 0. The minimum atomic E-state index is -0.213. The summed E-state index contributed by atoms with van der Waals surface area (Å²) in [6.45, 7) is 3.40. The summed E-state index contributed by atoms with van der Waals surface area (Å²) in [5.41, 5.74) is 5.75. The molecule has 3 rings (SSSR count). The van der Waals surface area contributed by atoms with E-state index in [1.807, 2.05) is 6.92 Å². The molecule has 1 aromatic rings. The number of nitrogens with two attached hydrogens (primary N) is 1. The van der Waals surface area contributed by atoms with E-state index in [1.165, 1.54) is 12.8 Å². The van der Waals surface area contributed by atoms with Crippen LogP contribution in [-0.2, 0) is 4.74 Å². The van der Waals surface area contributed by atoms with Gasteiger partial charge >= 0.3 is 6.01 Å². The van der Waals surface area contributed by atoms with Crippen molar-refractivity contribution in [2.45, 2.75) is 50.8 Å². The highest BCUT2D eigenvalue weighted by molar-refractivity contribution is 5.29. The number of morpholine rings is 1. The van der Waals surface area contributed by atoms with Crippen LogP contribution in [0.2, 0.25) is 0 Å². The highest BCUT2D eigenvalue weighted by Gasteiger charge is 2.36. The summed E-state index contributed by atoms with van der Waals surface area (Å²) < 4.78 is 11.5. The smallest absolute Gasteiger partial charge is 0.318 e. The molecule has 3 unspecified atom stereocenters. The second-order valence-corrected chi connectivity index (χ2v) is 5.17. The maximum Gasteiger partial charge on any atom is 0.318 e. The Kier molecular flexibility index (Phi) is 3.22. The van der Waals surface area contributed by atoms with Crippen molar-refractivity contribution in [2.24, 2.45) is 5.73 Å². The molecule has 1 aliphatic carbocycles. The summed E-state index contributed by atoms with van der Waals surface area (Å²) in [7, 11) is 0. The van der Waals surface area contributed by atoms with Gasteiger partial charge in [0.2, 0.25) is 5.89 Å². The first-order valence-corrected chi connectivity index (χ1v) is 6.73. The van der Waals surface area contributed by atoms with Crippen molar-refractivity contribution in [2.75, 3.05) is 18.1 Å². The van der Waals surface area contributed by atoms with E-state index in [4.69, 9.17) is 14.9 Å². The zero-order valence-electron chi connectivity index (χ0n) is 10.7. The van der Waals surface area contributed by atoms with E-state index in [1.54, 1.807) is 0 Å². The van der Waals surface area contributed by atoms with Crippen molar-refractivity contribution >= 4 is 6.01 Å². The van der Waals surface area contributed by atoms with Gasteiger partial charge in [-0.05, 0) is 19.8 Å². The Labute approximate surface area is 106 Å². The largest absolute Gasteiger partial charge is 0.406 e. The first-order chi connectivity index (χ1) is 8.75. The van der Waals surface area contributed by atoms with Gasteiger partial charge in [0.1, 0.15) is 0 Å². The summed E-state index contributed by atoms with van der Waals surface area (Å²) in [6.07, 6.45) is 5.09. The van der Waals surface area contributed by atoms with E-state index < -0.39 is 0 Å². The van der Waals surface area contributed by atoms with E-state index in [0.29, 0.717) is 24.1 Å². The van der Waals surface area contributed by atoms with Gasteiger partial charge in [-0.15, -0.1) is 5.10 Å². The predicted octanol–water partition coefficient (Wildman–Crippen LogP) is 1.24. The van der Waals surface area contributed by atoms with Crippen molar-refractivity contribution in [3.05, 3.63) is 5.89 Å². The highest BCUT2D eigenvalue weighted by atomic mass is 16.5. The molecular formula is C12H20N4O2. The van der Waals surface area contributed by atoms with E-state index in [2.05, 4.69) is 15.1 Å². The lowest BCUT2D eigenvalue weighted by Gasteiger charge is -2.42. The van der Waals surface area contributed by atoms with Crippen molar-refractivity contribution in [3.63, 3.8) is 0 Å². The number of fused-ring (bicyclic) bond motifs is 1. The van der Waals surface area contributed by atoms with Crippen molar-refractivity contribution in [1.82, 2.24) is 10.2 Å². The van der Waals surface area contributed by atoms with Crippen LogP contribution in [0.5, 0.6) is 0 Å². The lowest BCUT2D eigenvalue weighted by atomic mass is 9.90. The Morgan fingerprint density at radius 2 is 2.17 bits per heavy atom. The fraction of sp³-hybridized carbons (Fsp3) is 0.833. The van der Waals surface area contributed by atoms with Crippen LogP contribution in [0.4, 0.5) is 6.01 Å². The molecule has 0 bridgehead atoms. The molecule has 1 saturated carbocycles. The molecule has 0 radical (unpaired) electrons. The molecule has 6 heteroatoms. The number of hydrogen-bond donors (Lipinski definition) is 1. The summed E-state index contributed by atoms with van der Waals surface area (Å²) in [5, 5.41) is 8.13. The van der Waals surface area contributed by atoms with Crippen LogP contribution >= 0.6 is 0 Å². The second-order valence-electron chi connectivity index (χ2n) is 5.17. The quantitative estimate of drug-likeness (QED) is 0.853. The first-order valence-electron chi connectivity index (χ1n) is 6.73. The van der Waals surface area contributed by atoms with E-state index in [0.717, 1.165) is 26.0 Å². The minimum Gasteiger partial charge on any atom is -0.406 e. The molecular weight excluding hydrogens is 232 g/mol. The third-order valence-electron chi connectivity index (χ3n) is 3.80. The zero-order valence-corrected chi connectivity index (χ0v) is 10.7. The van der Waals surface area contributed by atoms with Crippen molar-refractivity contribution < 1.29 is 9.15 Å². The Bertz CT molecular complexity index is 405. The number of rotatable bonds is 2. The third-order valence-corrected chi connectivity index (χ3v) is 3.80. The molecule has 6 nitrogen and oxygen atoms in total. The molecule has 0 aromatic carbocycles. The number of aromatic nitrogens is 2. The second kappa shape index (κ2) is 4.85. The van der Waals surface area contributed by atoms with E-state index in [9.17, 15) is 0 Å². The predicted molar refractivity (Wildman–Crippen MR) is 66.2 cm³/mol. The maximum absolute atomic E-state index is 5.83. The van der Waals surface area contributed by atoms with Gasteiger partial charge in [-0.3, -0.25) is 0 Å². The number of hydrogen-bond acceptors (Lipinski definition) is 6. The average Bonchev–Trinajstić information content (AvgIpc) is 2.87. The van der Waals surface area contributed by atoms with Gasteiger partial charge in [-0.1, -0.05) is 17.9 Å². The van der Waals surface area contributed by atoms with Crippen LogP contribution < -0.4 is 10.6 Å². The number of nitrogens with zero attached hydrogens (tertiary/aromatic N) is 3. The lowest BCUT2D eigenvalue weighted by Crippen LogP contribution is -2.53. The molecule has 0 amide bonds. The van der Waals surface area contributed by atoms with Crippen LogP contribution in [0, 0.1) is 0 Å². The minimum absolute atomic E-state index is 0.213. The standard InChI is InChI=1S/C12H20N4O2/c1-8(13)11-14-15-12(18-11)16-6-7-17-10-5-3-2-4-9(10)16/h8-10H,2-7,13H2,1H3. The summed E-state index contributed by atoms with van der Waals surface area (Å²) in [4.78, 5) is 2.20. The van der Waals surface area contributed by atoms with Gasteiger partial charge in [0.25, 0.3) is 0 Å². The third kappa shape index (κ3) is 2.10. The van der Waals surface area contributed by atoms with Gasteiger partial charge in [-0.2, -0.15) is 0 Å². The maximum atomic E-state index is 5.83. The normalized spacial score (nSPS) is 30.0. The van der Waals surface area contributed by atoms with Gasteiger partial charge in [0.05, 0.1) is 24.8 Å². The SMILES string of the molecule is CC(N)c1nnc(N2CCOC3CCCCC32)o1. The number of anilines is 1. The Morgan fingerprint density at radius 3 is 2.94 bits per heavy atom. The van der Waals surface area contributed by atoms with Gasteiger partial charge in [0, 0.05) is 6.54 Å². The molecule has 2 heterocycles. The molecule has 1 saturated heterocycles. The molecule has 100 valence electrons. The fourth-order valence-electron chi connectivity index (χ4n) is 2.86. The molecule has 0 spiro atoms. The Hall–Kier alpha value is -1.14. The fourth-order valence-corrected chi connectivity index (χ4v) is 2.86. The van der Waals surface area contributed by atoms with Crippen LogP contribution in [-0.4, -0.2) is 35.5 Å². The molecule has 18 heavy (non-hydrogen) atoms. The van der Waals surface area contributed by atoms with Gasteiger partial charge in [0.15, 0.2) is 0 Å². The van der Waals surface area contributed by atoms with Crippen molar-refractivity contribution in [1.29, 1.82) is 0 Å². The Balaban J connectivity index is 1.80. The van der Waals surface area contributed by atoms with E-state index in [-0.39, 0.29) is 6.04 Å². The van der Waals surface area contributed by atoms with E-state index >= 15 is 0 Å². The molecule has 2 fully saturated rings. The highest BCUT2D eigenvalue weighted by Crippen LogP contribution is 2.31. The Morgan fingerprint density at radius 1 is 1.33 bits per heavy atom. The lowest BCUT2D eigenvalue weighted by molar-refractivity contribution is -0.0107. The molecule has 1 aliphatic heterocycles. The zero-order chi connectivity index (χ0) is 12.5. The summed E-state index contributed by atoms with van der Waals surface area (Å²) in [6, 6.07) is 0.769. The molecule has 1 aromatic heterocycles. The molecule has 2 N–H and O–H groups in total. The van der Waals surface area contributed by atoms with Crippen LogP contribution in [0.1, 0.15) is 44.5 Å². The topological polar surface area (TPSA) is 77.4 Å². The van der Waals surface area contributed by atoms with Crippen molar-refractivity contribution in [3.8, 4) is 0 Å². The van der Waals surface area contributed by atoms with Gasteiger partial charge < -0.3 is 19.8 Å². The monoisotopic (exact) mass is 252 g/mol. The molecule has 3 atom stereocenters. The number of ether oxygens (including phenoxy) is 1. The molecule has 2 aliphatic rings. The van der Waals surface area contributed by atoms with Gasteiger partial charge in [-0.25, -0.2) is 0 Å². The van der Waals surface area contributed by atoms with Crippen LogP contribution in [0.15, 0.2) is 4.42 Å². The van der Waals surface area contributed by atoms with Crippen LogP contribution in [0.3, 0.4) is 0 Å².